The van der Waals surface area contributed by atoms with Crippen molar-refractivity contribution in [2.24, 2.45) is 0 Å². The first-order chi connectivity index (χ1) is 13.1. The van der Waals surface area contributed by atoms with Crippen LogP contribution in [-0.4, -0.2) is 15.9 Å². The molecule has 27 heavy (non-hydrogen) atoms. The Morgan fingerprint density at radius 2 is 1.81 bits per heavy atom. The lowest BCUT2D eigenvalue weighted by Gasteiger charge is -2.13. The van der Waals surface area contributed by atoms with Gasteiger partial charge in [-0.3, -0.25) is 14.8 Å². The van der Waals surface area contributed by atoms with Crippen LogP contribution in [0.4, 0.5) is 5.69 Å². The maximum Gasteiger partial charge on any atom is 0.257 e. The number of hydrogen-bond donors (Lipinski definition) is 1. The van der Waals surface area contributed by atoms with E-state index in [0.717, 1.165) is 37.8 Å². The zero-order chi connectivity index (χ0) is 18.8. The Hall–Kier alpha value is -3.05. The molecule has 1 N–H and O–H groups in total. The number of nitrogens with zero attached hydrogens (tertiary/aromatic N) is 2. The Kier molecular flexibility index (Phi) is 4.69. The molecule has 5 heteroatoms. The number of rotatable bonds is 3. The van der Waals surface area contributed by atoms with Crippen molar-refractivity contribution < 1.29 is 4.79 Å². The number of carbonyl (C=O) groups is 1. The van der Waals surface area contributed by atoms with Crippen molar-refractivity contribution in [3.8, 4) is 11.1 Å². The van der Waals surface area contributed by atoms with Crippen molar-refractivity contribution in [3.05, 3.63) is 88.8 Å². The third-order valence-corrected chi connectivity index (χ3v) is 5.21. The van der Waals surface area contributed by atoms with Crippen LogP contribution in [0.3, 0.4) is 0 Å². The molecule has 4 aromatic rings. The average Bonchev–Trinajstić information content (AvgIpc) is 2.69. The quantitative estimate of drug-likeness (QED) is 0.470. The van der Waals surface area contributed by atoms with Crippen molar-refractivity contribution in [2.45, 2.75) is 6.92 Å². The number of halogens is 1. The van der Waals surface area contributed by atoms with Gasteiger partial charge in [-0.15, -0.1) is 0 Å². The minimum Gasteiger partial charge on any atom is -0.321 e. The molecule has 0 unspecified atom stereocenters. The van der Waals surface area contributed by atoms with Crippen molar-refractivity contribution in [1.29, 1.82) is 0 Å². The monoisotopic (exact) mass is 417 g/mol. The summed E-state index contributed by atoms with van der Waals surface area (Å²) in [5.41, 5.74) is 5.00. The number of hydrogen-bond acceptors (Lipinski definition) is 3. The van der Waals surface area contributed by atoms with E-state index in [1.165, 1.54) is 0 Å². The molecule has 0 bridgehead atoms. The van der Waals surface area contributed by atoms with Gasteiger partial charge in [-0.05, 0) is 58.2 Å². The summed E-state index contributed by atoms with van der Waals surface area (Å²) in [4.78, 5) is 21.6. The summed E-state index contributed by atoms with van der Waals surface area (Å²) in [5.74, 6) is -0.188. The summed E-state index contributed by atoms with van der Waals surface area (Å²) in [7, 11) is 0. The van der Waals surface area contributed by atoms with E-state index in [4.69, 9.17) is 0 Å². The third-order valence-electron chi connectivity index (χ3n) is 4.52. The third kappa shape index (κ3) is 3.34. The number of anilines is 1. The first-order valence-electron chi connectivity index (χ1n) is 8.50. The van der Waals surface area contributed by atoms with Gasteiger partial charge in [0.25, 0.3) is 5.91 Å². The topological polar surface area (TPSA) is 54.9 Å². The van der Waals surface area contributed by atoms with E-state index < -0.39 is 0 Å². The number of fused-ring (bicyclic) bond motifs is 1. The molecule has 0 spiro atoms. The fourth-order valence-electron chi connectivity index (χ4n) is 3.12. The lowest BCUT2D eigenvalue weighted by molar-refractivity contribution is 0.102. The average molecular weight is 418 g/mol. The van der Waals surface area contributed by atoms with Gasteiger partial charge in [0.15, 0.2) is 0 Å². The van der Waals surface area contributed by atoms with Gasteiger partial charge < -0.3 is 5.32 Å². The molecule has 0 fully saturated rings. The van der Waals surface area contributed by atoms with Gasteiger partial charge >= 0.3 is 0 Å². The summed E-state index contributed by atoms with van der Waals surface area (Å²) in [5, 5.41) is 3.98. The highest BCUT2D eigenvalue weighted by molar-refractivity contribution is 9.10. The van der Waals surface area contributed by atoms with Crippen LogP contribution in [0.15, 0.2) is 77.7 Å². The Morgan fingerprint density at radius 3 is 2.67 bits per heavy atom. The highest BCUT2D eigenvalue weighted by Gasteiger charge is 2.16. The van der Waals surface area contributed by atoms with Crippen LogP contribution in [0.5, 0.6) is 0 Å². The number of nitrogens with one attached hydrogen (secondary N) is 1. The summed E-state index contributed by atoms with van der Waals surface area (Å²) in [6.07, 6.45) is 5.18. The van der Waals surface area contributed by atoms with E-state index in [1.807, 2.05) is 61.5 Å². The van der Waals surface area contributed by atoms with E-state index in [2.05, 4.69) is 31.2 Å². The van der Waals surface area contributed by atoms with Crippen LogP contribution in [0, 0.1) is 6.92 Å². The van der Waals surface area contributed by atoms with Crippen LogP contribution < -0.4 is 5.32 Å². The Bertz CT molecular complexity index is 1150. The van der Waals surface area contributed by atoms with E-state index in [-0.39, 0.29) is 5.91 Å². The van der Waals surface area contributed by atoms with Crippen LogP contribution in [0.1, 0.15) is 15.9 Å². The minimum atomic E-state index is -0.188. The Labute approximate surface area is 165 Å². The lowest BCUT2D eigenvalue weighted by Crippen LogP contribution is -2.14. The molecule has 0 radical (unpaired) electrons. The molecule has 0 aliphatic rings. The zero-order valence-corrected chi connectivity index (χ0v) is 16.2. The Balaban J connectivity index is 1.77. The molecule has 1 amide bonds. The molecule has 2 aromatic carbocycles. The molecular formula is C22H16BrN3O. The van der Waals surface area contributed by atoms with E-state index >= 15 is 0 Å². The second-order valence-electron chi connectivity index (χ2n) is 6.17. The molecule has 4 rings (SSSR count). The molecule has 0 aliphatic heterocycles. The molecular weight excluding hydrogens is 402 g/mol. The van der Waals surface area contributed by atoms with Crippen molar-refractivity contribution in [3.63, 3.8) is 0 Å². The van der Waals surface area contributed by atoms with Crippen LogP contribution in [-0.2, 0) is 0 Å². The van der Waals surface area contributed by atoms with Crippen molar-refractivity contribution in [2.75, 3.05) is 5.32 Å². The first-order valence-corrected chi connectivity index (χ1v) is 9.29. The van der Waals surface area contributed by atoms with Crippen LogP contribution >= 0.6 is 15.9 Å². The number of carbonyl (C=O) groups excluding carboxylic acids is 1. The summed E-state index contributed by atoms with van der Waals surface area (Å²) in [6, 6.07) is 17.5. The van der Waals surface area contributed by atoms with Gasteiger partial charge in [0.05, 0.1) is 16.8 Å². The first kappa shape index (κ1) is 17.4. The maximum atomic E-state index is 12.8. The fraction of sp³-hybridized carbons (Fsp3) is 0.0455. The molecule has 0 saturated heterocycles. The summed E-state index contributed by atoms with van der Waals surface area (Å²) in [6.45, 7) is 1.95. The number of para-hydroxylation sites is 1. The molecule has 2 heterocycles. The molecule has 2 aromatic heterocycles. The smallest absolute Gasteiger partial charge is 0.257 e. The van der Waals surface area contributed by atoms with Gasteiger partial charge in [0, 0.05) is 34.0 Å². The second-order valence-corrected chi connectivity index (χ2v) is 7.02. The van der Waals surface area contributed by atoms with E-state index in [9.17, 15) is 4.79 Å². The predicted octanol–water partition coefficient (Wildman–Crippen LogP) is 5.62. The number of pyridine rings is 2. The van der Waals surface area contributed by atoms with E-state index in [0.29, 0.717) is 5.56 Å². The number of aromatic nitrogens is 2. The molecule has 132 valence electrons. The standard InChI is InChI=1S/C22H16BrN3O/c1-14-17(15-6-4-10-20-16(15)7-5-11-25-20)12-24-13-18(14)22(27)26-21-9-3-2-8-19(21)23/h2-13H,1H3,(H,26,27). The molecule has 4 nitrogen and oxygen atoms in total. The lowest BCUT2D eigenvalue weighted by atomic mass is 9.96. The maximum absolute atomic E-state index is 12.8. The fourth-order valence-corrected chi connectivity index (χ4v) is 3.50. The van der Waals surface area contributed by atoms with Gasteiger partial charge in [-0.2, -0.15) is 0 Å². The minimum absolute atomic E-state index is 0.188. The largest absolute Gasteiger partial charge is 0.321 e. The number of amides is 1. The highest BCUT2D eigenvalue weighted by atomic mass is 79.9. The Morgan fingerprint density at radius 1 is 0.963 bits per heavy atom. The van der Waals surface area contributed by atoms with Gasteiger partial charge in [-0.1, -0.05) is 30.3 Å². The number of benzene rings is 2. The molecule has 0 atom stereocenters. The van der Waals surface area contributed by atoms with Crippen molar-refractivity contribution in [1.82, 2.24) is 9.97 Å². The van der Waals surface area contributed by atoms with Crippen LogP contribution in [0.25, 0.3) is 22.0 Å². The SMILES string of the molecule is Cc1c(C(=O)Nc2ccccc2Br)cncc1-c1cccc2ncccc12. The summed E-state index contributed by atoms with van der Waals surface area (Å²) >= 11 is 3.46. The summed E-state index contributed by atoms with van der Waals surface area (Å²) < 4.78 is 0.834. The predicted molar refractivity (Wildman–Crippen MR) is 112 cm³/mol. The van der Waals surface area contributed by atoms with E-state index in [1.54, 1.807) is 18.6 Å². The normalized spacial score (nSPS) is 10.7. The van der Waals surface area contributed by atoms with Gasteiger partial charge in [0.2, 0.25) is 0 Å². The second kappa shape index (κ2) is 7.29. The highest BCUT2D eigenvalue weighted by Crippen LogP contribution is 2.31. The van der Waals surface area contributed by atoms with Gasteiger partial charge in [-0.25, -0.2) is 0 Å². The zero-order valence-electron chi connectivity index (χ0n) is 14.6. The van der Waals surface area contributed by atoms with Gasteiger partial charge in [0.1, 0.15) is 0 Å². The van der Waals surface area contributed by atoms with Crippen molar-refractivity contribution >= 4 is 38.4 Å². The van der Waals surface area contributed by atoms with Crippen LogP contribution in [0.2, 0.25) is 0 Å². The molecule has 0 saturated carbocycles. The molecule has 0 aliphatic carbocycles.